The van der Waals surface area contributed by atoms with Gasteiger partial charge in [0.25, 0.3) is 0 Å². The van der Waals surface area contributed by atoms with Crippen LogP contribution in [0.2, 0.25) is 0 Å². The van der Waals surface area contributed by atoms with Crippen molar-refractivity contribution < 1.29 is 14.3 Å². The quantitative estimate of drug-likeness (QED) is 0.705. The Kier molecular flexibility index (Phi) is 5.85. The smallest absolute Gasteiger partial charge is 0.313 e. The molecule has 0 radical (unpaired) electrons. The van der Waals surface area contributed by atoms with E-state index in [2.05, 4.69) is 37.8 Å². The van der Waals surface area contributed by atoms with Gasteiger partial charge in [-0.05, 0) is 62.6 Å². The van der Waals surface area contributed by atoms with Gasteiger partial charge in [-0.15, -0.1) is 0 Å². The fraction of sp³-hybridized carbons (Fsp3) is 0.696. The first-order chi connectivity index (χ1) is 12.8. The van der Waals surface area contributed by atoms with E-state index in [9.17, 15) is 4.79 Å². The molecule has 150 valence electrons. The van der Waals surface area contributed by atoms with E-state index in [4.69, 9.17) is 9.47 Å². The van der Waals surface area contributed by atoms with E-state index < -0.39 is 5.41 Å². The summed E-state index contributed by atoms with van der Waals surface area (Å²) >= 11 is 0. The number of methoxy groups -OCH3 is 1. The third-order valence-corrected chi connectivity index (χ3v) is 6.80. The molecule has 2 atom stereocenters. The van der Waals surface area contributed by atoms with Crippen molar-refractivity contribution in [3.63, 3.8) is 0 Å². The lowest BCUT2D eigenvalue weighted by Crippen LogP contribution is -2.41. The average Bonchev–Trinajstić information content (AvgIpc) is 3.01. The Labute approximate surface area is 164 Å². The number of carbonyl (C=O) groups excluding carboxylic acids is 1. The van der Waals surface area contributed by atoms with Gasteiger partial charge >= 0.3 is 5.97 Å². The molecule has 1 aliphatic carbocycles. The van der Waals surface area contributed by atoms with E-state index in [0.717, 1.165) is 18.8 Å². The molecular formula is C23H35NO3. The van der Waals surface area contributed by atoms with Crippen molar-refractivity contribution >= 4 is 5.97 Å². The highest BCUT2D eigenvalue weighted by Crippen LogP contribution is 2.47. The molecule has 0 bridgehead atoms. The van der Waals surface area contributed by atoms with E-state index in [1.807, 2.05) is 19.1 Å². The Morgan fingerprint density at radius 1 is 1.15 bits per heavy atom. The van der Waals surface area contributed by atoms with Crippen LogP contribution in [-0.4, -0.2) is 43.7 Å². The Morgan fingerprint density at radius 2 is 1.78 bits per heavy atom. The molecule has 1 aromatic carbocycles. The zero-order valence-corrected chi connectivity index (χ0v) is 17.6. The maximum absolute atomic E-state index is 12.9. The zero-order valence-electron chi connectivity index (χ0n) is 17.6. The van der Waals surface area contributed by atoms with Crippen LogP contribution in [-0.2, 0) is 9.53 Å². The van der Waals surface area contributed by atoms with Gasteiger partial charge in [0.15, 0.2) is 0 Å². The van der Waals surface area contributed by atoms with E-state index in [1.165, 1.54) is 31.2 Å². The predicted octanol–water partition coefficient (Wildman–Crippen LogP) is 4.63. The van der Waals surface area contributed by atoms with Crippen LogP contribution in [0.1, 0.15) is 64.9 Å². The largest absolute Gasteiger partial charge is 0.497 e. The maximum atomic E-state index is 12.9. The van der Waals surface area contributed by atoms with Crippen LogP contribution < -0.4 is 4.74 Å². The molecule has 1 aromatic rings. The zero-order chi connectivity index (χ0) is 19.7. The van der Waals surface area contributed by atoms with Crippen LogP contribution in [0.5, 0.6) is 5.75 Å². The van der Waals surface area contributed by atoms with E-state index >= 15 is 0 Å². The van der Waals surface area contributed by atoms with E-state index in [1.54, 1.807) is 7.11 Å². The predicted molar refractivity (Wildman–Crippen MR) is 108 cm³/mol. The lowest BCUT2D eigenvalue weighted by Gasteiger charge is -2.39. The van der Waals surface area contributed by atoms with Crippen molar-refractivity contribution in [1.29, 1.82) is 0 Å². The molecule has 27 heavy (non-hydrogen) atoms. The van der Waals surface area contributed by atoms with Crippen molar-refractivity contribution in [3.05, 3.63) is 29.8 Å². The fourth-order valence-electron chi connectivity index (χ4n) is 4.87. The molecule has 2 aliphatic rings. The van der Waals surface area contributed by atoms with Crippen molar-refractivity contribution in [2.75, 3.05) is 26.8 Å². The van der Waals surface area contributed by atoms with Crippen molar-refractivity contribution in [1.82, 2.24) is 4.90 Å². The lowest BCUT2D eigenvalue weighted by atomic mass is 9.75. The molecule has 4 heteroatoms. The third-order valence-electron chi connectivity index (χ3n) is 6.80. The first-order valence-corrected chi connectivity index (χ1v) is 10.3. The molecule has 1 aliphatic heterocycles. The Morgan fingerprint density at radius 3 is 2.33 bits per heavy atom. The van der Waals surface area contributed by atoms with Gasteiger partial charge in [-0.2, -0.15) is 0 Å². The molecule has 1 heterocycles. The summed E-state index contributed by atoms with van der Waals surface area (Å²) in [4.78, 5) is 15.5. The maximum Gasteiger partial charge on any atom is 0.313 e. The van der Waals surface area contributed by atoms with Gasteiger partial charge in [0, 0.05) is 25.0 Å². The minimum atomic E-state index is -0.502. The van der Waals surface area contributed by atoms with Gasteiger partial charge in [0.2, 0.25) is 0 Å². The van der Waals surface area contributed by atoms with Crippen molar-refractivity contribution in [2.24, 2.45) is 10.8 Å². The molecule has 0 aromatic heterocycles. The van der Waals surface area contributed by atoms with Crippen LogP contribution in [0, 0.1) is 10.8 Å². The number of carbonyl (C=O) groups is 1. The van der Waals surface area contributed by atoms with Gasteiger partial charge < -0.3 is 9.47 Å². The normalized spacial score (nSPS) is 28.9. The molecule has 0 unspecified atom stereocenters. The monoisotopic (exact) mass is 373 g/mol. The molecule has 0 amide bonds. The lowest BCUT2D eigenvalue weighted by molar-refractivity contribution is -0.154. The number of hydrogen-bond donors (Lipinski definition) is 0. The minimum absolute atomic E-state index is 0.0653. The first kappa shape index (κ1) is 20.2. The van der Waals surface area contributed by atoms with Gasteiger partial charge in [-0.3, -0.25) is 9.69 Å². The summed E-state index contributed by atoms with van der Waals surface area (Å²) in [6, 6.07) is 8.78. The van der Waals surface area contributed by atoms with E-state index in [-0.39, 0.29) is 11.9 Å². The second-order valence-corrected chi connectivity index (χ2v) is 9.29. The highest BCUT2D eigenvalue weighted by molar-refractivity contribution is 5.79. The number of rotatable bonds is 5. The summed E-state index contributed by atoms with van der Waals surface area (Å²) in [5.41, 5.74) is 1.15. The number of hydrogen-bond acceptors (Lipinski definition) is 4. The van der Waals surface area contributed by atoms with Crippen molar-refractivity contribution in [3.8, 4) is 5.75 Å². The first-order valence-electron chi connectivity index (χ1n) is 10.3. The Balaban J connectivity index is 1.83. The fourth-order valence-corrected chi connectivity index (χ4v) is 4.87. The molecule has 4 nitrogen and oxygen atoms in total. The molecule has 2 fully saturated rings. The van der Waals surface area contributed by atoms with Crippen LogP contribution in [0.3, 0.4) is 0 Å². The number of likely N-dealkylation sites (tertiary alicyclic amines) is 1. The molecule has 1 saturated carbocycles. The second-order valence-electron chi connectivity index (χ2n) is 9.29. The molecule has 1 saturated heterocycles. The molecule has 0 N–H and O–H groups in total. The Bertz CT molecular complexity index is 644. The number of benzene rings is 1. The van der Waals surface area contributed by atoms with Crippen molar-refractivity contribution in [2.45, 2.75) is 65.3 Å². The summed E-state index contributed by atoms with van der Waals surface area (Å²) in [6.45, 7) is 10.9. The van der Waals surface area contributed by atoms with Crippen LogP contribution in [0.4, 0.5) is 0 Å². The second kappa shape index (κ2) is 7.83. The number of nitrogens with zero attached hydrogens (tertiary/aromatic N) is 1. The highest BCUT2D eigenvalue weighted by atomic mass is 16.5. The summed E-state index contributed by atoms with van der Waals surface area (Å²) in [5.74, 6) is 0.933. The van der Waals surface area contributed by atoms with Crippen LogP contribution >= 0.6 is 0 Å². The number of ether oxygens (including phenoxy) is 2. The standard InChI is InChI=1S/C23H35NO3/c1-6-27-21(25)23(4)16-24(18-11-13-22(2,3)14-12-18)15-20(23)17-7-9-19(26-5)10-8-17/h7-10,18,20H,6,11-16H2,1-5H3/t20-,23+/m0/s1. The molecule has 3 rings (SSSR count). The summed E-state index contributed by atoms with van der Waals surface area (Å²) in [6.07, 6.45) is 4.97. The van der Waals surface area contributed by atoms with Gasteiger partial charge in [-0.25, -0.2) is 0 Å². The Hall–Kier alpha value is -1.55. The molecular weight excluding hydrogens is 338 g/mol. The minimum Gasteiger partial charge on any atom is -0.497 e. The van der Waals surface area contributed by atoms with Crippen LogP contribution in [0.25, 0.3) is 0 Å². The summed E-state index contributed by atoms with van der Waals surface area (Å²) in [7, 11) is 1.68. The van der Waals surface area contributed by atoms with Gasteiger partial charge in [0.05, 0.1) is 19.1 Å². The summed E-state index contributed by atoms with van der Waals surface area (Å²) in [5, 5.41) is 0. The topological polar surface area (TPSA) is 38.8 Å². The van der Waals surface area contributed by atoms with E-state index in [0.29, 0.717) is 18.1 Å². The third kappa shape index (κ3) is 4.16. The number of esters is 1. The van der Waals surface area contributed by atoms with Crippen LogP contribution in [0.15, 0.2) is 24.3 Å². The average molecular weight is 374 g/mol. The van der Waals surface area contributed by atoms with Gasteiger partial charge in [-0.1, -0.05) is 26.0 Å². The molecule has 0 spiro atoms. The SMILES string of the molecule is CCOC(=O)[C@]1(C)CN(C2CCC(C)(C)CC2)C[C@H]1c1ccc(OC)cc1. The summed E-state index contributed by atoms with van der Waals surface area (Å²) < 4.78 is 10.8. The highest BCUT2D eigenvalue weighted by Gasteiger charge is 2.51. The van der Waals surface area contributed by atoms with Gasteiger partial charge in [0.1, 0.15) is 5.75 Å².